The Morgan fingerprint density at radius 1 is 1.32 bits per heavy atom. The van der Waals surface area contributed by atoms with Crippen LogP contribution in [0.2, 0.25) is 5.02 Å². The Morgan fingerprint density at radius 2 is 2.00 bits per heavy atom. The van der Waals surface area contributed by atoms with Crippen LogP contribution in [0.4, 0.5) is 13.2 Å². The van der Waals surface area contributed by atoms with Gasteiger partial charge in [-0.1, -0.05) is 11.6 Å². The number of halogens is 4. The van der Waals surface area contributed by atoms with Crippen LogP contribution in [0.15, 0.2) is 30.5 Å². The minimum atomic E-state index is -4.56. The lowest BCUT2D eigenvalue weighted by Gasteiger charge is -2.14. The molecule has 0 aliphatic rings. The normalized spacial score (nSPS) is 12.6. The number of rotatable bonds is 4. The van der Waals surface area contributed by atoms with Crippen molar-refractivity contribution >= 4 is 17.6 Å². The van der Waals surface area contributed by atoms with Crippen LogP contribution >= 0.6 is 11.6 Å². The number of methoxy groups -OCH3 is 1. The van der Waals surface area contributed by atoms with Gasteiger partial charge >= 0.3 is 12.1 Å². The zero-order chi connectivity index (χ0) is 18.8. The number of nitrogens with zero attached hydrogens (tertiary/aromatic N) is 1. The highest BCUT2D eigenvalue weighted by molar-refractivity contribution is 6.33. The molecule has 0 aliphatic carbocycles. The van der Waals surface area contributed by atoms with Gasteiger partial charge in [-0.2, -0.15) is 13.2 Å². The molecule has 1 aromatic heterocycles. The number of phenols is 1. The van der Waals surface area contributed by atoms with Crippen LogP contribution in [0.3, 0.4) is 0 Å². The molecule has 1 unspecified atom stereocenters. The molecule has 1 N–H and O–H groups in total. The van der Waals surface area contributed by atoms with Crippen LogP contribution in [0, 0.1) is 0 Å². The summed E-state index contributed by atoms with van der Waals surface area (Å²) >= 11 is 5.87. The van der Waals surface area contributed by atoms with Gasteiger partial charge in [-0.05, 0) is 31.2 Å². The fourth-order valence-corrected chi connectivity index (χ4v) is 2.25. The molecular weight excluding hydrogens is 363 g/mol. The Bertz CT molecular complexity index is 795. The van der Waals surface area contributed by atoms with E-state index in [2.05, 4.69) is 9.72 Å². The molecule has 1 heterocycles. The van der Waals surface area contributed by atoms with Gasteiger partial charge in [0.05, 0.1) is 23.4 Å². The van der Waals surface area contributed by atoms with Gasteiger partial charge in [0.1, 0.15) is 0 Å². The molecule has 1 atom stereocenters. The molecule has 0 amide bonds. The first-order valence-corrected chi connectivity index (χ1v) is 7.32. The van der Waals surface area contributed by atoms with Crippen LogP contribution in [-0.4, -0.2) is 29.3 Å². The van der Waals surface area contributed by atoms with Gasteiger partial charge in [-0.25, -0.2) is 4.79 Å². The van der Waals surface area contributed by atoms with Crippen molar-refractivity contribution in [3.05, 3.63) is 41.0 Å². The third-order valence-electron chi connectivity index (χ3n) is 3.24. The maximum absolute atomic E-state index is 12.6. The average Bonchev–Trinajstić information content (AvgIpc) is 2.55. The number of hydrogen-bond acceptors (Lipinski definition) is 5. The smallest absolute Gasteiger partial charge is 0.417 e. The van der Waals surface area contributed by atoms with Crippen LogP contribution in [0.1, 0.15) is 12.5 Å². The minimum Gasteiger partial charge on any atom is -0.504 e. The standard InChI is InChI=1S/C16H13ClF3NO4/c1-8(15(23)24-2)25-13-4-3-9(5-12(13)22)14-11(17)6-10(7-21-14)16(18,19)20/h3-8,22H,1-2H3. The number of aromatic nitrogens is 1. The molecule has 1 aromatic carbocycles. The maximum Gasteiger partial charge on any atom is 0.417 e. The second kappa shape index (κ2) is 7.18. The number of hydrogen-bond donors (Lipinski definition) is 1. The van der Waals surface area contributed by atoms with E-state index in [-0.39, 0.29) is 27.8 Å². The van der Waals surface area contributed by atoms with Crippen LogP contribution < -0.4 is 4.74 Å². The Kier molecular flexibility index (Phi) is 5.42. The first-order valence-electron chi connectivity index (χ1n) is 6.94. The third-order valence-corrected chi connectivity index (χ3v) is 3.53. The number of benzene rings is 1. The van der Waals surface area contributed by atoms with Crippen molar-refractivity contribution in [1.82, 2.24) is 4.98 Å². The van der Waals surface area contributed by atoms with Crippen molar-refractivity contribution in [2.45, 2.75) is 19.2 Å². The lowest BCUT2D eigenvalue weighted by Crippen LogP contribution is -2.24. The molecule has 0 saturated heterocycles. The summed E-state index contributed by atoms with van der Waals surface area (Å²) in [5.74, 6) is -0.952. The second-order valence-electron chi connectivity index (χ2n) is 5.02. The van der Waals surface area contributed by atoms with Gasteiger partial charge < -0.3 is 14.6 Å². The molecule has 0 bridgehead atoms. The molecule has 2 rings (SSSR count). The molecule has 0 saturated carbocycles. The Morgan fingerprint density at radius 3 is 2.52 bits per heavy atom. The van der Waals surface area contributed by atoms with E-state index in [0.717, 1.165) is 6.07 Å². The van der Waals surface area contributed by atoms with E-state index in [1.165, 1.54) is 32.2 Å². The first-order chi connectivity index (χ1) is 11.6. The minimum absolute atomic E-state index is 0.00434. The lowest BCUT2D eigenvalue weighted by atomic mass is 10.1. The van der Waals surface area contributed by atoms with Gasteiger partial charge in [0.2, 0.25) is 0 Å². The van der Waals surface area contributed by atoms with Gasteiger partial charge in [-0.15, -0.1) is 0 Å². The molecule has 134 valence electrons. The summed E-state index contributed by atoms with van der Waals surface area (Å²) in [5.41, 5.74) is -0.621. The Hall–Kier alpha value is -2.48. The number of ether oxygens (including phenoxy) is 2. The SMILES string of the molecule is COC(=O)C(C)Oc1ccc(-c2ncc(C(F)(F)F)cc2Cl)cc1O. The summed E-state index contributed by atoms with van der Waals surface area (Å²) < 4.78 is 47.7. The molecule has 0 radical (unpaired) electrons. The largest absolute Gasteiger partial charge is 0.504 e. The fourth-order valence-electron chi connectivity index (χ4n) is 1.97. The van der Waals surface area contributed by atoms with Crippen LogP contribution in [0.25, 0.3) is 11.3 Å². The fraction of sp³-hybridized carbons (Fsp3) is 0.250. The van der Waals surface area contributed by atoms with Crippen molar-refractivity contribution < 1.29 is 32.5 Å². The third kappa shape index (κ3) is 4.33. The molecule has 0 aliphatic heterocycles. The number of phenolic OH excluding ortho intramolecular Hbond substituents is 1. The van der Waals surface area contributed by atoms with E-state index in [9.17, 15) is 23.1 Å². The zero-order valence-corrected chi connectivity index (χ0v) is 13.9. The molecular formula is C16H13ClF3NO4. The van der Waals surface area contributed by atoms with Crippen molar-refractivity contribution in [1.29, 1.82) is 0 Å². The van der Waals surface area contributed by atoms with Gasteiger partial charge in [0.15, 0.2) is 17.6 Å². The summed E-state index contributed by atoms with van der Waals surface area (Å²) in [7, 11) is 1.20. The van der Waals surface area contributed by atoms with E-state index in [0.29, 0.717) is 6.20 Å². The van der Waals surface area contributed by atoms with Crippen LogP contribution in [0.5, 0.6) is 11.5 Å². The summed E-state index contributed by atoms with van der Waals surface area (Å²) in [4.78, 5) is 15.0. The second-order valence-corrected chi connectivity index (χ2v) is 5.43. The van der Waals surface area contributed by atoms with Gasteiger partial charge in [0.25, 0.3) is 0 Å². The van der Waals surface area contributed by atoms with Crippen molar-refractivity contribution in [2.75, 3.05) is 7.11 Å². The van der Waals surface area contributed by atoms with Crippen LogP contribution in [-0.2, 0) is 15.7 Å². The van der Waals surface area contributed by atoms with E-state index >= 15 is 0 Å². The first kappa shape index (κ1) is 18.9. The highest BCUT2D eigenvalue weighted by Gasteiger charge is 2.31. The monoisotopic (exact) mass is 375 g/mol. The number of carbonyl (C=O) groups excluding carboxylic acids is 1. The van der Waals surface area contributed by atoms with E-state index in [1.54, 1.807) is 0 Å². The van der Waals surface area contributed by atoms with E-state index in [4.69, 9.17) is 16.3 Å². The van der Waals surface area contributed by atoms with Gasteiger partial charge in [-0.3, -0.25) is 4.98 Å². The number of alkyl halides is 3. The molecule has 0 fully saturated rings. The highest BCUT2D eigenvalue weighted by atomic mass is 35.5. The predicted molar refractivity (Wildman–Crippen MR) is 83.5 cm³/mol. The zero-order valence-electron chi connectivity index (χ0n) is 13.1. The quantitative estimate of drug-likeness (QED) is 0.816. The highest BCUT2D eigenvalue weighted by Crippen LogP contribution is 2.37. The Balaban J connectivity index is 2.30. The predicted octanol–water partition coefficient (Wildman–Crippen LogP) is 4.07. The summed E-state index contributed by atoms with van der Waals surface area (Å²) in [5, 5.41) is 9.79. The number of esters is 1. The molecule has 9 heteroatoms. The number of carbonyl (C=O) groups is 1. The van der Waals surface area contributed by atoms with Gasteiger partial charge in [0, 0.05) is 11.8 Å². The lowest BCUT2D eigenvalue weighted by molar-refractivity contribution is -0.148. The number of aromatic hydroxyl groups is 1. The summed E-state index contributed by atoms with van der Waals surface area (Å²) in [6.07, 6.45) is -4.85. The van der Waals surface area contributed by atoms with Crippen molar-refractivity contribution in [3.8, 4) is 22.8 Å². The maximum atomic E-state index is 12.6. The topological polar surface area (TPSA) is 68.7 Å². The van der Waals surface area contributed by atoms with E-state index < -0.39 is 23.8 Å². The van der Waals surface area contributed by atoms with Crippen molar-refractivity contribution in [2.24, 2.45) is 0 Å². The van der Waals surface area contributed by atoms with E-state index in [1.807, 2.05) is 0 Å². The summed E-state index contributed by atoms with van der Waals surface area (Å²) in [6.45, 7) is 1.44. The Labute approximate surface area is 146 Å². The molecule has 5 nitrogen and oxygen atoms in total. The summed E-state index contributed by atoms with van der Waals surface area (Å²) in [6, 6.07) is 4.77. The average molecular weight is 376 g/mol. The van der Waals surface area contributed by atoms with Crippen molar-refractivity contribution in [3.63, 3.8) is 0 Å². The number of pyridine rings is 1. The molecule has 2 aromatic rings. The molecule has 25 heavy (non-hydrogen) atoms. The molecule has 0 spiro atoms.